The molecule has 2 aliphatic rings. The van der Waals surface area contributed by atoms with Crippen molar-refractivity contribution in [1.82, 2.24) is 10.2 Å². The number of fused-ring (bicyclic) bond motifs is 2. The lowest BCUT2D eigenvalue weighted by molar-refractivity contribution is 0.153. The number of nitrogens with zero attached hydrogens (tertiary/aromatic N) is 3. The lowest BCUT2D eigenvalue weighted by Crippen LogP contribution is -2.45. The Morgan fingerprint density at radius 1 is 1.24 bits per heavy atom. The molecular weight excluding hydrogens is 320 g/mol. The summed E-state index contributed by atoms with van der Waals surface area (Å²) in [5, 5.41) is 4.36. The molecule has 0 radical (unpaired) electrons. The van der Waals surface area contributed by atoms with Gasteiger partial charge in [0.2, 0.25) is 0 Å². The van der Waals surface area contributed by atoms with Crippen molar-refractivity contribution in [3.8, 4) is 5.75 Å². The molecule has 7 nitrogen and oxygen atoms in total. The van der Waals surface area contributed by atoms with Crippen LogP contribution in [0.1, 0.15) is 26.7 Å². The quantitative estimate of drug-likeness (QED) is 0.886. The van der Waals surface area contributed by atoms with Crippen molar-refractivity contribution in [2.24, 2.45) is 9.98 Å². The molecule has 0 unspecified atom stereocenters. The first-order valence-electron chi connectivity index (χ1n) is 8.39. The van der Waals surface area contributed by atoms with Crippen LogP contribution in [0.25, 0.3) is 5.57 Å². The van der Waals surface area contributed by atoms with Gasteiger partial charge in [-0.05, 0) is 37.1 Å². The van der Waals surface area contributed by atoms with E-state index >= 15 is 0 Å². The molecule has 0 aromatic heterocycles. The van der Waals surface area contributed by atoms with Gasteiger partial charge < -0.3 is 10.1 Å². The topological polar surface area (TPSA) is 83.4 Å². The summed E-state index contributed by atoms with van der Waals surface area (Å²) in [7, 11) is 0. The molecule has 0 saturated carbocycles. The van der Waals surface area contributed by atoms with E-state index in [4.69, 9.17) is 4.74 Å². The summed E-state index contributed by atoms with van der Waals surface area (Å²) < 4.78 is 5.41. The molecule has 0 bridgehead atoms. The van der Waals surface area contributed by atoms with Crippen molar-refractivity contribution in [2.75, 3.05) is 13.1 Å². The van der Waals surface area contributed by atoms with Crippen LogP contribution >= 0.6 is 0 Å². The molecule has 0 saturated heterocycles. The van der Waals surface area contributed by atoms with Crippen LogP contribution in [-0.4, -0.2) is 35.9 Å². The lowest BCUT2D eigenvalue weighted by Gasteiger charge is -2.19. The van der Waals surface area contributed by atoms with Gasteiger partial charge in [0.05, 0.1) is 5.36 Å². The van der Waals surface area contributed by atoms with Gasteiger partial charge in [0.25, 0.3) is 0 Å². The highest BCUT2D eigenvalue weighted by Crippen LogP contribution is 2.14. The van der Waals surface area contributed by atoms with Gasteiger partial charge in [-0.15, -0.1) is 0 Å². The number of carbonyl (C=O) groups excluding carboxylic acids is 2. The van der Waals surface area contributed by atoms with Crippen LogP contribution in [0.2, 0.25) is 0 Å². The molecule has 1 aromatic carbocycles. The number of nitrogens with one attached hydrogen (secondary N) is 1. The Morgan fingerprint density at radius 2 is 2.08 bits per heavy atom. The average Bonchev–Trinajstić information content (AvgIpc) is 3.18. The zero-order valence-electron chi connectivity index (χ0n) is 14.3. The fourth-order valence-electron chi connectivity index (χ4n) is 2.61. The van der Waals surface area contributed by atoms with Crippen molar-refractivity contribution >= 4 is 23.5 Å². The third kappa shape index (κ3) is 3.45. The van der Waals surface area contributed by atoms with Crippen LogP contribution in [0.15, 0.2) is 40.5 Å². The molecule has 0 fully saturated rings. The fraction of sp³-hybridized carbons (Fsp3) is 0.333. The predicted molar refractivity (Wildman–Crippen MR) is 93.9 cm³/mol. The summed E-state index contributed by atoms with van der Waals surface area (Å²) >= 11 is 0. The minimum atomic E-state index is -0.689. The molecule has 3 amide bonds. The van der Waals surface area contributed by atoms with Gasteiger partial charge in [-0.1, -0.05) is 13.8 Å². The number of urea groups is 1. The molecule has 2 aliphatic heterocycles. The number of imide groups is 1. The summed E-state index contributed by atoms with van der Waals surface area (Å²) in [4.78, 5) is 34.2. The van der Waals surface area contributed by atoms with Crippen LogP contribution in [0.4, 0.5) is 9.59 Å². The largest absolute Gasteiger partial charge is 0.423 e. The van der Waals surface area contributed by atoms with E-state index in [1.54, 1.807) is 24.4 Å². The lowest BCUT2D eigenvalue weighted by atomic mass is 10.2. The van der Waals surface area contributed by atoms with E-state index < -0.39 is 12.1 Å². The normalized spacial score (nSPS) is 13.7. The molecule has 0 spiro atoms. The van der Waals surface area contributed by atoms with Gasteiger partial charge in [-0.25, -0.2) is 24.5 Å². The Bertz CT molecular complexity index is 886. The van der Waals surface area contributed by atoms with Gasteiger partial charge in [0, 0.05) is 30.1 Å². The minimum Gasteiger partial charge on any atom is -0.410 e. The summed E-state index contributed by atoms with van der Waals surface area (Å²) in [6.07, 6.45) is 4.33. The van der Waals surface area contributed by atoms with Crippen molar-refractivity contribution < 1.29 is 14.3 Å². The Balaban J connectivity index is 1.79. The fourth-order valence-corrected chi connectivity index (χ4v) is 2.61. The van der Waals surface area contributed by atoms with Crippen LogP contribution in [0.3, 0.4) is 0 Å². The smallest absolute Gasteiger partial charge is 0.410 e. The Hall–Kier alpha value is -2.96. The van der Waals surface area contributed by atoms with Crippen molar-refractivity contribution in [2.45, 2.75) is 26.7 Å². The van der Waals surface area contributed by atoms with Crippen LogP contribution in [0.5, 0.6) is 5.75 Å². The van der Waals surface area contributed by atoms with Gasteiger partial charge in [-0.3, -0.25) is 0 Å². The highest BCUT2D eigenvalue weighted by molar-refractivity contribution is 6.24. The molecule has 1 aromatic rings. The summed E-state index contributed by atoms with van der Waals surface area (Å²) in [5.74, 6) is 1.04. The predicted octanol–water partition coefficient (Wildman–Crippen LogP) is 1.73. The molecule has 130 valence electrons. The van der Waals surface area contributed by atoms with E-state index in [2.05, 4.69) is 15.3 Å². The van der Waals surface area contributed by atoms with Crippen molar-refractivity contribution in [3.05, 3.63) is 41.1 Å². The van der Waals surface area contributed by atoms with E-state index in [-0.39, 0.29) is 0 Å². The maximum Gasteiger partial charge on any atom is 0.423 e. The van der Waals surface area contributed by atoms with E-state index in [9.17, 15) is 9.59 Å². The number of aliphatic imine (C=N–C) groups is 1. The standard InChI is InChI=1S/C18H20N4O3/c1-3-8-20-17(23)22(10-4-2)18(24)25-12-5-6-15-14(11-12)13-7-9-19-16(13)21-15/h5-7,9,11H,3-4,8,10H2,1-2H3,(H,20,23). The molecule has 0 atom stereocenters. The van der Waals surface area contributed by atoms with E-state index in [1.807, 2.05) is 19.9 Å². The maximum atomic E-state index is 12.4. The number of hydrogen-bond donors (Lipinski definition) is 1. The Labute approximate surface area is 145 Å². The number of amidine groups is 1. The third-order valence-electron chi connectivity index (χ3n) is 3.81. The highest BCUT2D eigenvalue weighted by atomic mass is 16.6. The third-order valence-corrected chi connectivity index (χ3v) is 3.81. The Morgan fingerprint density at radius 3 is 2.84 bits per heavy atom. The molecule has 3 rings (SSSR count). The molecule has 1 N–H and O–H groups in total. The second-order valence-corrected chi connectivity index (χ2v) is 5.72. The molecular formula is C18H20N4O3. The maximum absolute atomic E-state index is 12.4. The monoisotopic (exact) mass is 340 g/mol. The first-order chi connectivity index (χ1) is 12.1. The first-order valence-corrected chi connectivity index (χ1v) is 8.39. The number of carbonyl (C=O) groups is 2. The van der Waals surface area contributed by atoms with Gasteiger partial charge in [-0.2, -0.15) is 0 Å². The number of amides is 3. The van der Waals surface area contributed by atoms with Crippen LogP contribution in [-0.2, 0) is 0 Å². The zero-order chi connectivity index (χ0) is 17.8. The molecule has 7 heteroatoms. The summed E-state index contributed by atoms with van der Waals surface area (Å²) in [6, 6.07) is 4.76. The molecule has 2 heterocycles. The van der Waals surface area contributed by atoms with Crippen molar-refractivity contribution in [3.63, 3.8) is 0 Å². The number of ether oxygens (including phenoxy) is 1. The molecule has 0 aliphatic carbocycles. The zero-order valence-corrected chi connectivity index (χ0v) is 14.3. The second kappa shape index (κ2) is 7.29. The minimum absolute atomic E-state index is 0.297. The van der Waals surface area contributed by atoms with Crippen molar-refractivity contribution in [1.29, 1.82) is 0 Å². The van der Waals surface area contributed by atoms with E-state index in [1.165, 1.54) is 0 Å². The van der Waals surface area contributed by atoms with Crippen LogP contribution in [0, 0.1) is 0 Å². The average molecular weight is 340 g/mol. The first kappa shape index (κ1) is 16.9. The Kier molecular flexibility index (Phi) is 4.92. The van der Waals surface area contributed by atoms with E-state index in [0.29, 0.717) is 31.1 Å². The number of rotatable bonds is 5. The SMILES string of the molecule is CCCNC(=O)N(CCC)C(=O)Oc1ccc2c(c1)=C1C=CN=C1N=2. The van der Waals surface area contributed by atoms with Gasteiger partial charge in [0.15, 0.2) is 5.84 Å². The highest BCUT2D eigenvalue weighted by Gasteiger charge is 2.23. The van der Waals surface area contributed by atoms with Gasteiger partial charge in [0.1, 0.15) is 5.75 Å². The van der Waals surface area contributed by atoms with E-state index in [0.717, 1.165) is 27.5 Å². The summed E-state index contributed by atoms with van der Waals surface area (Å²) in [6.45, 7) is 4.66. The summed E-state index contributed by atoms with van der Waals surface area (Å²) in [5.41, 5.74) is 0.916. The number of hydrogen-bond acceptors (Lipinski definition) is 5. The molecule has 25 heavy (non-hydrogen) atoms. The van der Waals surface area contributed by atoms with Gasteiger partial charge >= 0.3 is 12.1 Å². The number of benzene rings is 1. The second-order valence-electron chi connectivity index (χ2n) is 5.72. The van der Waals surface area contributed by atoms with Crippen LogP contribution < -0.4 is 20.6 Å².